The van der Waals surface area contributed by atoms with Crippen LogP contribution < -0.4 is 11.3 Å². The molecule has 0 spiro atoms. The summed E-state index contributed by atoms with van der Waals surface area (Å²) < 4.78 is 61.5. The first-order valence-electron chi connectivity index (χ1n) is 14.2. The van der Waals surface area contributed by atoms with Crippen LogP contribution in [-0.2, 0) is 39.2 Å². The van der Waals surface area contributed by atoms with E-state index in [1.807, 2.05) is 11.5 Å². The molecule has 252 valence electrons. The average Bonchev–Trinajstić information content (AvgIpc) is 3.83. The van der Waals surface area contributed by atoms with Gasteiger partial charge in [0.05, 0.1) is 25.9 Å². The number of ether oxygens (including phenoxy) is 1. The first kappa shape index (κ1) is 32.7. The molecule has 1 aliphatic heterocycles. The van der Waals surface area contributed by atoms with Crippen LogP contribution in [-0.4, -0.2) is 87.0 Å². The van der Waals surface area contributed by atoms with Gasteiger partial charge in [0.15, 0.2) is 29.4 Å². The quantitative estimate of drug-likeness (QED) is 0.113. The molecule has 1 saturated heterocycles. The molecule has 47 heavy (non-hydrogen) atoms. The van der Waals surface area contributed by atoms with Gasteiger partial charge in [0.2, 0.25) is 5.78 Å². The van der Waals surface area contributed by atoms with Gasteiger partial charge in [-0.2, -0.15) is 0 Å². The number of aromatic amines is 1. The lowest BCUT2D eigenvalue weighted by Gasteiger charge is -2.43. The van der Waals surface area contributed by atoms with Crippen molar-refractivity contribution in [3.05, 3.63) is 41.7 Å². The standard InChI is InChI=1S/C24H29FN10O8P2S2/c1-11-12(5-13(11)34-9-30-16-19(26)28-8-29-20(16)34)6-40-45(38,47)43-18-15(25)14(7-41-44(37,46)39-2)42-23(18)35-10-31-17-21(35)32-24-27-3-4-33(24)22(17)36/h3-4,8-15,18,23H,5-7H2,1-2H3,(H,27,32)(H,37,46)(H,38,47)(H2,26,28,29)/t11-,12-,13-,14-,15-,18-,23-,44?,45?/m1/s1. The number of nitrogens with one attached hydrogen (secondary N) is 1. The van der Waals surface area contributed by atoms with Crippen LogP contribution in [0.15, 0.2) is 36.2 Å². The molecule has 9 atom stereocenters. The van der Waals surface area contributed by atoms with E-state index in [9.17, 15) is 14.3 Å². The van der Waals surface area contributed by atoms with Gasteiger partial charge in [0, 0.05) is 25.5 Å². The largest absolute Gasteiger partial charge is 0.386 e. The number of imidazole rings is 3. The summed E-state index contributed by atoms with van der Waals surface area (Å²) in [6.07, 6.45) is 1.56. The maximum atomic E-state index is 16.1. The number of rotatable bonds is 11. The van der Waals surface area contributed by atoms with Gasteiger partial charge < -0.3 is 38.5 Å². The monoisotopic (exact) mass is 730 g/mol. The summed E-state index contributed by atoms with van der Waals surface area (Å²) in [4.78, 5) is 46.9. The molecule has 5 aromatic rings. The molecule has 1 aliphatic carbocycles. The fraction of sp³-hybridized carbons (Fsp3) is 0.500. The van der Waals surface area contributed by atoms with Crippen molar-refractivity contribution in [2.75, 3.05) is 26.1 Å². The van der Waals surface area contributed by atoms with Crippen molar-refractivity contribution >= 4 is 71.5 Å². The van der Waals surface area contributed by atoms with E-state index in [4.69, 9.17) is 40.4 Å². The summed E-state index contributed by atoms with van der Waals surface area (Å²) >= 11 is 9.03. The summed E-state index contributed by atoms with van der Waals surface area (Å²) in [6.45, 7) is -6.40. The number of H-pyrrole nitrogens is 1. The van der Waals surface area contributed by atoms with Gasteiger partial charge in [-0.15, -0.1) is 0 Å². The number of nitrogens with zero attached hydrogens (tertiary/aromatic N) is 8. The third-order valence-corrected chi connectivity index (χ3v) is 11.9. The van der Waals surface area contributed by atoms with Gasteiger partial charge in [0.25, 0.3) is 5.56 Å². The van der Waals surface area contributed by atoms with Crippen molar-refractivity contribution in [2.24, 2.45) is 11.8 Å². The van der Waals surface area contributed by atoms with Crippen LogP contribution in [0.3, 0.4) is 0 Å². The van der Waals surface area contributed by atoms with E-state index in [-0.39, 0.29) is 47.2 Å². The number of alkyl halides is 1. The number of thiol groups is 1. The molecule has 1 saturated carbocycles. The lowest BCUT2D eigenvalue weighted by Crippen LogP contribution is -2.39. The van der Waals surface area contributed by atoms with Gasteiger partial charge in [-0.1, -0.05) is 19.2 Å². The molecule has 2 aliphatic rings. The van der Waals surface area contributed by atoms with Crippen LogP contribution in [0.1, 0.15) is 25.6 Å². The fourth-order valence-corrected chi connectivity index (χ4v) is 8.05. The van der Waals surface area contributed by atoms with E-state index in [0.717, 1.165) is 7.11 Å². The molecule has 2 unspecified atom stereocenters. The van der Waals surface area contributed by atoms with Crippen molar-refractivity contribution in [3.8, 4) is 0 Å². The summed E-state index contributed by atoms with van der Waals surface area (Å²) in [7, 11) is 1.16. The second-order valence-corrected chi connectivity index (χ2v) is 17.0. The first-order chi connectivity index (χ1) is 22.4. The maximum absolute atomic E-state index is 16.1. The third kappa shape index (κ3) is 5.92. The van der Waals surface area contributed by atoms with Gasteiger partial charge >= 0.3 is 13.5 Å². The van der Waals surface area contributed by atoms with E-state index in [1.165, 1.54) is 34.0 Å². The molecule has 0 aromatic carbocycles. The van der Waals surface area contributed by atoms with E-state index in [2.05, 4.69) is 42.2 Å². The Labute approximate surface area is 274 Å². The summed E-state index contributed by atoms with van der Waals surface area (Å²) in [5.74, 6) is 0.507. The third-order valence-electron chi connectivity index (χ3n) is 8.60. The van der Waals surface area contributed by atoms with Gasteiger partial charge in [-0.3, -0.25) is 13.9 Å². The van der Waals surface area contributed by atoms with Crippen LogP contribution in [0.4, 0.5) is 10.2 Å². The second kappa shape index (κ2) is 12.2. The molecular formula is C24H29FN10O8P2S2. The summed E-state index contributed by atoms with van der Waals surface area (Å²) in [6, 6.07) is 0.0305. The zero-order valence-electron chi connectivity index (χ0n) is 24.6. The number of nitrogen functional groups attached to an aromatic ring is 1. The minimum Gasteiger partial charge on any atom is -0.382 e. The first-order valence-corrected chi connectivity index (χ1v) is 19.5. The van der Waals surface area contributed by atoms with Crippen molar-refractivity contribution < 1.29 is 36.7 Å². The highest BCUT2D eigenvalue weighted by atomic mass is 32.7. The van der Waals surface area contributed by atoms with Crippen molar-refractivity contribution in [1.82, 2.24) is 43.4 Å². The Morgan fingerprint density at radius 3 is 2.72 bits per heavy atom. The van der Waals surface area contributed by atoms with Crippen molar-refractivity contribution in [1.29, 1.82) is 0 Å². The minimum atomic E-state index is -4.22. The van der Waals surface area contributed by atoms with Crippen LogP contribution in [0, 0.1) is 11.8 Å². The lowest BCUT2D eigenvalue weighted by molar-refractivity contribution is -0.0455. The number of aromatic nitrogens is 9. The summed E-state index contributed by atoms with van der Waals surface area (Å²) in [5, 5.41) is 0. The maximum Gasteiger partial charge on any atom is 0.386 e. The topological polar surface area (TPSA) is 221 Å². The number of hydrogen-bond donors (Lipinski definition) is 4. The minimum absolute atomic E-state index is 0.00439. The molecule has 0 bridgehead atoms. The van der Waals surface area contributed by atoms with Crippen LogP contribution >= 0.6 is 25.8 Å². The molecular weight excluding hydrogens is 701 g/mol. The SMILES string of the molecule is COP(O)(=S)OC[C@H]1O[C@@H](n2cnc3c(=O)n4ccnc4[nH]c32)[C@H](OP(=O)(S)OC[C@H]2C[C@@H](n3cnc4c(N)ncnc43)[C@@H]2C)[C@@H]1F. The van der Waals surface area contributed by atoms with Crippen molar-refractivity contribution in [3.63, 3.8) is 0 Å². The fourth-order valence-electron chi connectivity index (χ4n) is 5.93. The summed E-state index contributed by atoms with van der Waals surface area (Å²) in [5.41, 5.74) is 6.72. The lowest BCUT2D eigenvalue weighted by atomic mass is 9.70. The van der Waals surface area contributed by atoms with Gasteiger partial charge in [-0.05, 0) is 30.1 Å². The average molecular weight is 731 g/mol. The molecule has 0 radical (unpaired) electrons. The Kier molecular flexibility index (Phi) is 8.52. The molecule has 0 amide bonds. The smallest absolute Gasteiger partial charge is 0.382 e. The molecule has 5 aromatic heterocycles. The van der Waals surface area contributed by atoms with Gasteiger partial charge in [-0.25, -0.2) is 38.3 Å². The molecule has 7 rings (SSSR count). The Balaban J connectivity index is 1.09. The number of hydrogen-bond acceptors (Lipinski definition) is 14. The number of halogens is 1. The number of nitrogens with two attached hydrogens (primary N) is 1. The highest BCUT2D eigenvalue weighted by Crippen LogP contribution is 2.59. The second-order valence-electron chi connectivity index (χ2n) is 11.2. The number of fused-ring (bicyclic) bond motifs is 3. The van der Waals surface area contributed by atoms with Gasteiger partial charge in [0.1, 0.15) is 29.7 Å². The van der Waals surface area contributed by atoms with E-state index < -0.39 is 50.3 Å². The number of anilines is 1. The van der Waals surface area contributed by atoms with Crippen LogP contribution in [0.2, 0.25) is 0 Å². The van der Waals surface area contributed by atoms with E-state index in [1.54, 1.807) is 6.33 Å². The Morgan fingerprint density at radius 2 is 1.96 bits per heavy atom. The molecule has 4 N–H and O–H groups in total. The molecule has 23 heteroatoms. The zero-order valence-corrected chi connectivity index (χ0v) is 28.1. The van der Waals surface area contributed by atoms with E-state index >= 15 is 4.39 Å². The van der Waals surface area contributed by atoms with Crippen LogP contribution in [0.25, 0.3) is 28.1 Å². The highest BCUT2D eigenvalue weighted by Gasteiger charge is 2.51. The Hall–Kier alpha value is -2.84. The normalized spacial score (nSPS) is 28.9. The van der Waals surface area contributed by atoms with E-state index in [0.29, 0.717) is 17.6 Å². The molecule has 18 nitrogen and oxygen atoms in total. The predicted octanol–water partition coefficient (Wildman–Crippen LogP) is 2.55. The highest BCUT2D eigenvalue weighted by molar-refractivity contribution is 8.44. The Bertz CT molecular complexity index is 2130. The molecule has 6 heterocycles. The predicted molar refractivity (Wildman–Crippen MR) is 171 cm³/mol. The Morgan fingerprint density at radius 1 is 1.19 bits per heavy atom. The molecule has 2 fully saturated rings. The zero-order chi connectivity index (χ0) is 33.2. The van der Waals surface area contributed by atoms with Crippen molar-refractivity contribution in [2.45, 2.75) is 44.0 Å². The van der Waals surface area contributed by atoms with Crippen LogP contribution in [0.5, 0.6) is 0 Å².